The van der Waals surface area contributed by atoms with Crippen molar-refractivity contribution in [2.75, 3.05) is 38.7 Å². The van der Waals surface area contributed by atoms with E-state index in [2.05, 4.69) is 26.6 Å². The van der Waals surface area contributed by atoms with Crippen LogP contribution in [0.4, 0.5) is 5.69 Å². The molecule has 1 aliphatic heterocycles. The number of nitrogens with one attached hydrogen (secondary N) is 2. The molecule has 2 heterocycles. The van der Waals surface area contributed by atoms with E-state index in [1.54, 1.807) is 48.4 Å². The van der Waals surface area contributed by atoms with Gasteiger partial charge in [0.25, 0.3) is 11.8 Å². The molecule has 3 amide bonds. The van der Waals surface area contributed by atoms with Gasteiger partial charge in [-0.15, -0.1) is 0 Å². The quantitative estimate of drug-likeness (QED) is 0.551. The molecule has 2 N–H and O–H groups in total. The van der Waals surface area contributed by atoms with E-state index in [1.807, 2.05) is 0 Å². The van der Waals surface area contributed by atoms with E-state index in [9.17, 15) is 14.4 Å². The minimum Gasteiger partial charge on any atom is -0.444 e. The minimum absolute atomic E-state index is 0.0393. The summed E-state index contributed by atoms with van der Waals surface area (Å²) >= 11 is 3.17. The molecule has 166 valence electrons. The summed E-state index contributed by atoms with van der Waals surface area (Å²) in [4.78, 5) is 39.2. The van der Waals surface area contributed by atoms with Crippen LogP contribution in [0, 0.1) is 5.92 Å². The molecule has 1 aromatic heterocycles. The van der Waals surface area contributed by atoms with Crippen molar-refractivity contribution in [1.82, 2.24) is 10.2 Å². The summed E-state index contributed by atoms with van der Waals surface area (Å²) in [6.07, 6.45) is 2.04. The molecule has 8 nitrogen and oxygen atoms in total. The SMILES string of the molecule is COCCCNC(=O)C1CCN(C(=O)c2cccc(NC(=O)c3ccc(Br)o3)c2)CC1. The summed E-state index contributed by atoms with van der Waals surface area (Å²) in [6, 6.07) is 10.0. The number of methoxy groups -OCH3 is 1. The molecule has 0 spiro atoms. The molecular formula is C22H26BrN3O5. The van der Waals surface area contributed by atoms with Crippen LogP contribution >= 0.6 is 15.9 Å². The number of benzene rings is 1. The van der Waals surface area contributed by atoms with Crippen molar-refractivity contribution in [2.24, 2.45) is 5.92 Å². The molecule has 0 bridgehead atoms. The summed E-state index contributed by atoms with van der Waals surface area (Å²) in [6.45, 7) is 2.25. The number of carbonyl (C=O) groups excluding carboxylic acids is 3. The minimum atomic E-state index is -0.396. The first-order valence-corrected chi connectivity index (χ1v) is 11.0. The molecule has 0 atom stereocenters. The zero-order valence-electron chi connectivity index (χ0n) is 17.4. The molecule has 1 fully saturated rings. The number of ether oxygens (including phenoxy) is 1. The van der Waals surface area contributed by atoms with Crippen LogP contribution in [0.15, 0.2) is 45.5 Å². The van der Waals surface area contributed by atoms with Gasteiger partial charge in [-0.1, -0.05) is 6.07 Å². The number of anilines is 1. The van der Waals surface area contributed by atoms with Gasteiger partial charge in [-0.05, 0) is 65.5 Å². The van der Waals surface area contributed by atoms with Crippen LogP contribution < -0.4 is 10.6 Å². The normalized spacial score (nSPS) is 14.3. The lowest BCUT2D eigenvalue weighted by atomic mass is 9.95. The number of furan rings is 1. The number of hydrogen-bond donors (Lipinski definition) is 2. The number of nitrogens with zero attached hydrogens (tertiary/aromatic N) is 1. The van der Waals surface area contributed by atoms with E-state index in [0.717, 1.165) is 6.42 Å². The smallest absolute Gasteiger partial charge is 0.291 e. The van der Waals surface area contributed by atoms with Crippen molar-refractivity contribution in [3.05, 3.63) is 52.4 Å². The van der Waals surface area contributed by atoms with Crippen molar-refractivity contribution in [3.8, 4) is 0 Å². The van der Waals surface area contributed by atoms with Crippen molar-refractivity contribution in [1.29, 1.82) is 0 Å². The van der Waals surface area contributed by atoms with Gasteiger partial charge >= 0.3 is 0 Å². The zero-order valence-corrected chi connectivity index (χ0v) is 18.9. The van der Waals surface area contributed by atoms with Gasteiger partial charge in [-0.25, -0.2) is 0 Å². The molecule has 0 saturated carbocycles. The first-order valence-electron chi connectivity index (χ1n) is 10.2. The number of hydrogen-bond acceptors (Lipinski definition) is 5. The third-order valence-electron chi connectivity index (χ3n) is 5.14. The van der Waals surface area contributed by atoms with Crippen molar-refractivity contribution in [2.45, 2.75) is 19.3 Å². The zero-order chi connectivity index (χ0) is 22.2. The average molecular weight is 492 g/mol. The Morgan fingerprint density at radius 2 is 1.97 bits per heavy atom. The van der Waals surface area contributed by atoms with Crippen molar-refractivity contribution in [3.63, 3.8) is 0 Å². The van der Waals surface area contributed by atoms with E-state index in [4.69, 9.17) is 9.15 Å². The van der Waals surface area contributed by atoms with Crippen LogP contribution in [0.5, 0.6) is 0 Å². The Labute approximate surface area is 189 Å². The summed E-state index contributed by atoms with van der Waals surface area (Å²) in [7, 11) is 1.64. The maximum absolute atomic E-state index is 12.9. The van der Waals surface area contributed by atoms with Crippen LogP contribution in [-0.4, -0.2) is 56.0 Å². The molecule has 31 heavy (non-hydrogen) atoms. The van der Waals surface area contributed by atoms with Gasteiger partial charge in [0, 0.05) is 50.5 Å². The lowest BCUT2D eigenvalue weighted by molar-refractivity contribution is -0.126. The van der Waals surface area contributed by atoms with E-state index in [-0.39, 0.29) is 23.5 Å². The molecule has 2 aromatic rings. The molecular weight excluding hydrogens is 466 g/mol. The number of piperidine rings is 1. The Bertz CT molecular complexity index is 921. The molecule has 1 aromatic carbocycles. The van der Waals surface area contributed by atoms with Gasteiger partial charge in [-0.3, -0.25) is 14.4 Å². The first kappa shape index (κ1) is 23.0. The largest absolute Gasteiger partial charge is 0.444 e. The van der Waals surface area contributed by atoms with Gasteiger partial charge in [-0.2, -0.15) is 0 Å². The summed E-state index contributed by atoms with van der Waals surface area (Å²) in [5.41, 5.74) is 0.995. The van der Waals surface area contributed by atoms with Gasteiger partial charge in [0.05, 0.1) is 0 Å². The van der Waals surface area contributed by atoms with E-state index < -0.39 is 5.91 Å². The Hall–Kier alpha value is -2.65. The van der Waals surface area contributed by atoms with Gasteiger partial charge in [0.2, 0.25) is 5.91 Å². The average Bonchev–Trinajstić information content (AvgIpc) is 3.23. The number of rotatable bonds is 8. The van der Waals surface area contributed by atoms with Gasteiger partial charge < -0.3 is 24.7 Å². The van der Waals surface area contributed by atoms with Crippen molar-refractivity contribution < 1.29 is 23.5 Å². The number of halogens is 1. The Kier molecular flexibility index (Phi) is 8.25. The second-order valence-electron chi connectivity index (χ2n) is 7.34. The Balaban J connectivity index is 1.52. The van der Waals surface area contributed by atoms with Crippen LogP contribution in [-0.2, 0) is 9.53 Å². The molecule has 1 aliphatic rings. The summed E-state index contributed by atoms with van der Waals surface area (Å²) in [5.74, 6) is -0.378. The van der Waals surface area contributed by atoms with Crippen LogP contribution in [0.1, 0.15) is 40.2 Å². The molecule has 0 aliphatic carbocycles. The molecule has 9 heteroatoms. The van der Waals surface area contributed by atoms with Crippen molar-refractivity contribution >= 4 is 39.3 Å². The number of carbonyl (C=O) groups is 3. The van der Waals surface area contributed by atoms with Crippen LogP contribution in [0.2, 0.25) is 0 Å². The van der Waals surface area contributed by atoms with Gasteiger partial charge in [0.1, 0.15) is 0 Å². The lowest BCUT2D eigenvalue weighted by Gasteiger charge is -2.31. The highest BCUT2D eigenvalue weighted by Crippen LogP contribution is 2.21. The Morgan fingerprint density at radius 1 is 1.19 bits per heavy atom. The van der Waals surface area contributed by atoms with E-state index in [0.29, 0.717) is 55.0 Å². The highest BCUT2D eigenvalue weighted by Gasteiger charge is 2.27. The molecule has 0 radical (unpaired) electrons. The predicted octanol–water partition coefficient (Wildman–Crippen LogP) is 3.30. The third-order valence-corrected chi connectivity index (χ3v) is 5.57. The summed E-state index contributed by atoms with van der Waals surface area (Å²) in [5, 5.41) is 5.66. The summed E-state index contributed by atoms with van der Waals surface area (Å²) < 4.78 is 10.7. The number of amides is 3. The Morgan fingerprint density at radius 3 is 2.65 bits per heavy atom. The molecule has 1 saturated heterocycles. The highest BCUT2D eigenvalue weighted by molar-refractivity contribution is 9.10. The number of likely N-dealkylation sites (tertiary alicyclic amines) is 1. The second-order valence-corrected chi connectivity index (χ2v) is 8.12. The van der Waals surface area contributed by atoms with Gasteiger partial charge in [0.15, 0.2) is 10.4 Å². The standard InChI is InChI=1S/C22H26BrN3O5/c1-30-13-3-10-24-20(27)15-8-11-26(12-9-15)22(29)16-4-2-5-17(14-16)25-21(28)18-6-7-19(23)31-18/h2,4-7,14-15H,3,8-13H2,1H3,(H,24,27)(H,25,28). The predicted molar refractivity (Wildman–Crippen MR) is 119 cm³/mol. The molecule has 0 unspecified atom stereocenters. The van der Waals surface area contributed by atoms with Crippen LogP contribution in [0.25, 0.3) is 0 Å². The van der Waals surface area contributed by atoms with E-state index in [1.165, 1.54) is 0 Å². The fraction of sp³-hybridized carbons (Fsp3) is 0.409. The maximum Gasteiger partial charge on any atom is 0.291 e. The highest BCUT2D eigenvalue weighted by atomic mass is 79.9. The van der Waals surface area contributed by atoms with E-state index >= 15 is 0 Å². The van der Waals surface area contributed by atoms with Crippen LogP contribution in [0.3, 0.4) is 0 Å². The fourth-order valence-electron chi connectivity index (χ4n) is 3.46. The second kappa shape index (κ2) is 11.1. The maximum atomic E-state index is 12.9. The molecule has 3 rings (SSSR count). The third kappa shape index (κ3) is 6.41. The fourth-order valence-corrected chi connectivity index (χ4v) is 3.77. The lowest BCUT2D eigenvalue weighted by Crippen LogP contribution is -2.43. The monoisotopic (exact) mass is 491 g/mol. The topological polar surface area (TPSA) is 101 Å². The first-order chi connectivity index (χ1) is 15.0.